The second kappa shape index (κ2) is 6.19. The summed E-state index contributed by atoms with van der Waals surface area (Å²) in [6, 6.07) is 0.236. The van der Waals surface area contributed by atoms with E-state index in [4.69, 9.17) is 4.74 Å². The number of rotatable bonds is 7. The zero-order valence-corrected chi connectivity index (χ0v) is 12.3. The largest absolute Gasteiger partial charge is 0.383 e. The molecule has 2 N–H and O–H groups in total. The summed E-state index contributed by atoms with van der Waals surface area (Å²) in [5.41, 5.74) is 1.08. The Bertz CT molecular complexity index is 432. The molecular formula is C14H24N4O. The van der Waals surface area contributed by atoms with Crippen molar-refractivity contribution in [2.24, 2.45) is 0 Å². The van der Waals surface area contributed by atoms with Crippen LogP contribution in [-0.2, 0) is 4.74 Å². The van der Waals surface area contributed by atoms with Gasteiger partial charge >= 0.3 is 0 Å². The molecule has 0 saturated heterocycles. The first kappa shape index (κ1) is 14.1. The Labute approximate surface area is 115 Å². The van der Waals surface area contributed by atoms with E-state index in [0.29, 0.717) is 12.5 Å². The van der Waals surface area contributed by atoms with E-state index in [1.165, 1.54) is 12.8 Å². The third-order valence-corrected chi connectivity index (χ3v) is 3.25. The number of nitrogens with one attached hydrogen (secondary N) is 2. The van der Waals surface area contributed by atoms with Crippen molar-refractivity contribution in [3.8, 4) is 0 Å². The standard InChI is InChI=1S/C14H24N4O/c1-5-15-12-10(3)13(16-9(2)8-19-4)18-14(17-12)11-6-7-11/h9,11H,5-8H2,1-4H3,(H2,15,16,17,18). The predicted molar refractivity (Wildman–Crippen MR) is 77.9 cm³/mol. The smallest absolute Gasteiger partial charge is 0.136 e. The number of hydrogen-bond donors (Lipinski definition) is 2. The number of ether oxygens (including phenoxy) is 1. The average molecular weight is 264 g/mol. The molecule has 1 unspecified atom stereocenters. The van der Waals surface area contributed by atoms with E-state index in [0.717, 1.165) is 29.6 Å². The molecule has 0 radical (unpaired) electrons. The van der Waals surface area contributed by atoms with Gasteiger partial charge in [-0.2, -0.15) is 0 Å². The van der Waals surface area contributed by atoms with Gasteiger partial charge in [0, 0.05) is 31.2 Å². The molecule has 106 valence electrons. The third-order valence-electron chi connectivity index (χ3n) is 3.25. The maximum atomic E-state index is 5.16. The summed E-state index contributed by atoms with van der Waals surface area (Å²) in [5.74, 6) is 3.40. The Hall–Kier alpha value is -1.36. The summed E-state index contributed by atoms with van der Waals surface area (Å²) in [7, 11) is 1.71. The van der Waals surface area contributed by atoms with Crippen molar-refractivity contribution < 1.29 is 4.74 Å². The van der Waals surface area contributed by atoms with Crippen molar-refractivity contribution in [1.82, 2.24) is 9.97 Å². The molecule has 0 amide bonds. The van der Waals surface area contributed by atoms with Gasteiger partial charge in [-0.15, -0.1) is 0 Å². The summed E-state index contributed by atoms with van der Waals surface area (Å²) < 4.78 is 5.16. The van der Waals surface area contributed by atoms with Crippen molar-refractivity contribution in [3.05, 3.63) is 11.4 Å². The van der Waals surface area contributed by atoms with Crippen LogP contribution in [0.1, 0.15) is 44.0 Å². The summed E-state index contributed by atoms with van der Waals surface area (Å²) in [6.07, 6.45) is 2.42. The van der Waals surface area contributed by atoms with Gasteiger partial charge in [-0.25, -0.2) is 9.97 Å². The molecule has 0 spiro atoms. The maximum Gasteiger partial charge on any atom is 0.136 e. The average Bonchev–Trinajstić information content (AvgIpc) is 3.18. The minimum atomic E-state index is 0.236. The summed E-state index contributed by atoms with van der Waals surface area (Å²) >= 11 is 0. The predicted octanol–water partition coefficient (Wildman–Crippen LogP) is 2.54. The van der Waals surface area contributed by atoms with Gasteiger partial charge in [0.15, 0.2) is 0 Å². The third kappa shape index (κ3) is 3.56. The Morgan fingerprint density at radius 3 is 2.58 bits per heavy atom. The van der Waals surface area contributed by atoms with E-state index in [2.05, 4.69) is 41.4 Å². The number of hydrogen-bond acceptors (Lipinski definition) is 5. The number of aromatic nitrogens is 2. The highest BCUT2D eigenvalue weighted by atomic mass is 16.5. The Morgan fingerprint density at radius 2 is 2.00 bits per heavy atom. The van der Waals surface area contributed by atoms with Crippen LogP contribution in [0.2, 0.25) is 0 Å². The van der Waals surface area contributed by atoms with Crippen LogP contribution < -0.4 is 10.6 Å². The van der Waals surface area contributed by atoms with Crippen LogP contribution in [0.5, 0.6) is 0 Å². The second-order valence-corrected chi connectivity index (χ2v) is 5.21. The molecule has 1 saturated carbocycles. The van der Waals surface area contributed by atoms with Crippen LogP contribution in [0.4, 0.5) is 11.6 Å². The van der Waals surface area contributed by atoms with Gasteiger partial charge in [-0.3, -0.25) is 0 Å². The van der Waals surface area contributed by atoms with E-state index < -0.39 is 0 Å². The van der Waals surface area contributed by atoms with Crippen molar-refractivity contribution in [3.63, 3.8) is 0 Å². The van der Waals surface area contributed by atoms with Gasteiger partial charge in [0.25, 0.3) is 0 Å². The summed E-state index contributed by atoms with van der Waals surface area (Å²) in [4.78, 5) is 9.33. The molecule has 5 heteroatoms. The van der Waals surface area contributed by atoms with Crippen LogP contribution >= 0.6 is 0 Å². The van der Waals surface area contributed by atoms with Crippen LogP contribution in [0.25, 0.3) is 0 Å². The van der Waals surface area contributed by atoms with Crippen LogP contribution in [-0.4, -0.2) is 36.3 Å². The molecular weight excluding hydrogens is 240 g/mol. The lowest BCUT2D eigenvalue weighted by atomic mass is 10.2. The summed E-state index contributed by atoms with van der Waals surface area (Å²) in [5, 5.41) is 6.74. The molecule has 1 heterocycles. The lowest BCUT2D eigenvalue weighted by Crippen LogP contribution is -2.23. The fourth-order valence-electron chi connectivity index (χ4n) is 2.06. The molecule has 0 aliphatic heterocycles. The lowest BCUT2D eigenvalue weighted by Gasteiger charge is -2.18. The van der Waals surface area contributed by atoms with E-state index >= 15 is 0 Å². The maximum absolute atomic E-state index is 5.16. The van der Waals surface area contributed by atoms with Crippen molar-refractivity contribution in [1.29, 1.82) is 0 Å². The van der Waals surface area contributed by atoms with E-state index in [1.54, 1.807) is 7.11 Å². The molecule has 1 aliphatic carbocycles. The quantitative estimate of drug-likeness (QED) is 0.792. The van der Waals surface area contributed by atoms with E-state index in [1.807, 2.05) is 0 Å². The van der Waals surface area contributed by atoms with Crippen molar-refractivity contribution in [2.75, 3.05) is 30.9 Å². The highest BCUT2D eigenvalue weighted by Crippen LogP contribution is 2.39. The second-order valence-electron chi connectivity index (χ2n) is 5.21. The fraction of sp³-hybridized carbons (Fsp3) is 0.714. The molecule has 0 aromatic carbocycles. The zero-order chi connectivity index (χ0) is 13.8. The van der Waals surface area contributed by atoms with Gasteiger partial charge in [-0.1, -0.05) is 0 Å². The molecule has 1 aliphatic rings. The first-order chi connectivity index (χ1) is 9.15. The van der Waals surface area contributed by atoms with Crippen molar-refractivity contribution in [2.45, 2.75) is 45.6 Å². The molecule has 19 heavy (non-hydrogen) atoms. The Balaban J connectivity index is 2.23. The highest BCUT2D eigenvalue weighted by molar-refractivity contribution is 5.58. The minimum absolute atomic E-state index is 0.236. The van der Waals surface area contributed by atoms with Crippen LogP contribution in [0, 0.1) is 6.92 Å². The first-order valence-electron chi connectivity index (χ1n) is 7.03. The van der Waals surface area contributed by atoms with E-state index in [9.17, 15) is 0 Å². The van der Waals surface area contributed by atoms with Crippen LogP contribution in [0.15, 0.2) is 0 Å². The summed E-state index contributed by atoms with van der Waals surface area (Å²) in [6.45, 7) is 7.76. The van der Waals surface area contributed by atoms with Gasteiger partial charge in [0.2, 0.25) is 0 Å². The Kier molecular flexibility index (Phi) is 4.58. The van der Waals surface area contributed by atoms with Gasteiger partial charge < -0.3 is 15.4 Å². The first-order valence-corrected chi connectivity index (χ1v) is 7.03. The topological polar surface area (TPSA) is 59.1 Å². The molecule has 5 nitrogen and oxygen atoms in total. The molecule has 1 aromatic heterocycles. The highest BCUT2D eigenvalue weighted by Gasteiger charge is 2.28. The SMILES string of the molecule is CCNc1nc(C2CC2)nc(NC(C)COC)c1C. The van der Waals surface area contributed by atoms with Gasteiger partial charge in [0.1, 0.15) is 17.5 Å². The Morgan fingerprint density at radius 1 is 1.32 bits per heavy atom. The number of nitrogens with zero attached hydrogens (tertiary/aromatic N) is 2. The number of methoxy groups -OCH3 is 1. The molecule has 1 atom stereocenters. The zero-order valence-electron chi connectivity index (χ0n) is 12.3. The lowest BCUT2D eigenvalue weighted by molar-refractivity contribution is 0.190. The molecule has 1 fully saturated rings. The fourth-order valence-corrected chi connectivity index (χ4v) is 2.06. The van der Waals surface area contributed by atoms with E-state index in [-0.39, 0.29) is 6.04 Å². The normalized spacial score (nSPS) is 16.2. The monoisotopic (exact) mass is 264 g/mol. The van der Waals surface area contributed by atoms with Gasteiger partial charge in [-0.05, 0) is 33.6 Å². The van der Waals surface area contributed by atoms with Crippen molar-refractivity contribution >= 4 is 11.6 Å². The minimum Gasteiger partial charge on any atom is -0.383 e. The molecule has 0 bridgehead atoms. The molecule has 2 rings (SSSR count). The number of anilines is 2. The molecule has 1 aromatic rings. The van der Waals surface area contributed by atoms with Gasteiger partial charge in [0.05, 0.1) is 6.61 Å². The van der Waals surface area contributed by atoms with Crippen LogP contribution in [0.3, 0.4) is 0 Å².